The van der Waals surface area contributed by atoms with Gasteiger partial charge in [-0.2, -0.15) is 0 Å². The maximum absolute atomic E-state index is 12.5. The third-order valence-corrected chi connectivity index (χ3v) is 5.34. The fourth-order valence-corrected chi connectivity index (χ4v) is 3.91. The number of amides is 1. The molecule has 6 heteroatoms. The molecule has 0 radical (unpaired) electrons. The van der Waals surface area contributed by atoms with Crippen molar-refractivity contribution in [3.63, 3.8) is 0 Å². The first-order valence-corrected chi connectivity index (χ1v) is 9.63. The molecule has 0 spiro atoms. The Labute approximate surface area is 173 Å². The van der Waals surface area contributed by atoms with Crippen LogP contribution in [0.25, 0.3) is 11.1 Å². The quantitative estimate of drug-likeness (QED) is 0.583. The predicted octanol–water partition coefficient (Wildman–Crippen LogP) is 3.71. The number of aliphatic hydroxyl groups is 1. The van der Waals surface area contributed by atoms with Crippen molar-refractivity contribution < 1.29 is 24.5 Å². The van der Waals surface area contributed by atoms with Crippen molar-refractivity contribution in [2.24, 2.45) is 0 Å². The Kier molecular flexibility index (Phi) is 5.50. The number of carbonyl (C=O) groups excluding carboxylic acids is 1. The fraction of sp³-hybridized carbons (Fsp3) is 0.167. The van der Waals surface area contributed by atoms with Crippen LogP contribution in [0.4, 0.5) is 4.79 Å². The van der Waals surface area contributed by atoms with Crippen LogP contribution in [0.15, 0.2) is 78.9 Å². The third kappa shape index (κ3) is 3.77. The average molecular weight is 403 g/mol. The second-order valence-corrected chi connectivity index (χ2v) is 7.14. The number of carboxylic acids is 1. The zero-order chi connectivity index (χ0) is 21.1. The molecule has 1 aliphatic rings. The van der Waals surface area contributed by atoms with Crippen LogP contribution < -0.4 is 5.32 Å². The zero-order valence-electron chi connectivity index (χ0n) is 16.1. The van der Waals surface area contributed by atoms with Gasteiger partial charge in [0.15, 0.2) is 6.10 Å². The van der Waals surface area contributed by atoms with Gasteiger partial charge in [-0.1, -0.05) is 78.9 Å². The first-order valence-electron chi connectivity index (χ1n) is 9.63. The van der Waals surface area contributed by atoms with E-state index >= 15 is 0 Å². The Morgan fingerprint density at radius 1 is 0.867 bits per heavy atom. The second kappa shape index (κ2) is 8.39. The fourth-order valence-electron chi connectivity index (χ4n) is 3.91. The molecule has 152 valence electrons. The molecule has 30 heavy (non-hydrogen) atoms. The van der Waals surface area contributed by atoms with Crippen molar-refractivity contribution >= 4 is 12.1 Å². The standard InChI is InChI=1S/C24H21NO5/c26-22(23(27)28)21(15-8-2-1-3-9-15)25-24(29)30-14-20-18-12-6-4-10-16(18)17-11-5-7-13-19(17)20/h1-13,20-22,26H,14H2,(H,25,29)(H,27,28)/t21-,22-/m0/s1. The number of aliphatic hydroxyl groups excluding tert-OH is 1. The molecule has 0 bridgehead atoms. The van der Waals surface area contributed by atoms with E-state index in [1.54, 1.807) is 30.3 Å². The monoisotopic (exact) mass is 403 g/mol. The highest BCUT2D eigenvalue weighted by Crippen LogP contribution is 2.44. The van der Waals surface area contributed by atoms with Crippen LogP contribution in [0.2, 0.25) is 0 Å². The average Bonchev–Trinajstić information content (AvgIpc) is 3.10. The molecule has 2 atom stereocenters. The van der Waals surface area contributed by atoms with E-state index in [1.165, 1.54) is 0 Å². The van der Waals surface area contributed by atoms with Crippen LogP contribution in [0.3, 0.4) is 0 Å². The number of alkyl carbamates (subject to hydrolysis) is 1. The Morgan fingerprint density at radius 3 is 1.97 bits per heavy atom. The maximum atomic E-state index is 12.5. The first kappa shape index (κ1) is 19.7. The smallest absolute Gasteiger partial charge is 0.407 e. The van der Waals surface area contributed by atoms with Crippen LogP contribution >= 0.6 is 0 Å². The lowest BCUT2D eigenvalue weighted by molar-refractivity contribution is -0.148. The third-order valence-electron chi connectivity index (χ3n) is 5.34. The van der Waals surface area contributed by atoms with Crippen LogP contribution in [0.5, 0.6) is 0 Å². The molecule has 0 heterocycles. The van der Waals surface area contributed by atoms with Gasteiger partial charge >= 0.3 is 12.1 Å². The SMILES string of the molecule is O=C(N[C@@H](c1ccccc1)[C@H](O)C(=O)O)OCC1c2ccccc2-c2ccccc21. The molecule has 6 nitrogen and oxygen atoms in total. The number of rotatable bonds is 6. The molecule has 1 amide bonds. The maximum Gasteiger partial charge on any atom is 0.407 e. The number of aliphatic carboxylic acids is 1. The van der Waals surface area contributed by atoms with E-state index in [2.05, 4.69) is 5.32 Å². The minimum Gasteiger partial charge on any atom is -0.479 e. The molecule has 1 aliphatic carbocycles. The number of fused-ring (bicyclic) bond motifs is 3. The number of hydrogen-bond donors (Lipinski definition) is 3. The minimum absolute atomic E-state index is 0.102. The van der Waals surface area contributed by atoms with Crippen LogP contribution in [-0.2, 0) is 9.53 Å². The van der Waals surface area contributed by atoms with Crippen molar-refractivity contribution in [1.29, 1.82) is 0 Å². The van der Waals surface area contributed by atoms with Gasteiger partial charge in [0.05, 0.1) is 6.04 Å². The molecule has 0 unspecified atom stereocenters. The highest BCUT2D eigenvalue weighted by Gasteiger charge is 2.31. The molecule has 0 aliphatic heterocycles. The summed E-state index contributed by atoms with van der Waals surface area (Å²) in [5.74, 6) is -1.54. The number of benzene rings is 3. The predicted molar refractivity (Wildman–Crippen MR) is 111 cm³/mol. The Hall–Kier alpha value is -3.64. The molecular weight excluding hydrogens is 382 g/mol. The highest BCUT2D eigenvalue weighted by molar-refractivity contribution is 5.79. The highest BCUT2D eigenvalue weighted by atomic mass is 16.5. The van der Waals surface area contributed by atoms with Gasteiger partial charge in [0.25, 0.3) is 0 Å². The van der Waals surface area contributed by atoms with Crippen LogP contribution in [-0.4, -0.2) is 35.0 Å². The molecule has 0 saturated heterocycles. The Morgan fingerprint density at radius 2 is 1.40 bits per heavy atom. The van der Waals surface area contributed by atoms with E-state index in [0.29, 0.717) is 5.56 Å². The molecule has 0 fully saturated rings. The van der Waals surface area contributed by atoms with E-state index < -0.39 is 24.2 Å². The Bertz CT molecular complexity index is 1020. The van der Waals surface area contributed by atoms with Crippen molar-refractivity contribution in [3.05, 3.63) is 95.6 Å². The number of ether oxygens (including phenoxy) is 1. The lowest BCUT2D eigenvalue weighted by Gasteiger charge is -2.22. The molecule has 0 saturated carbocycles. The number of hydrogen-bond acceptors (Lipinski definition) is 4. The van der Waals surface area contributed by atoms with Crippen molar-refractivity contribution in [1.82, 2.24) is 5.32 Å². The zero-order valence-corrected chi connectivity index (χ0v) is 16.1. The number of nitrogens with one attached hydrogen (secondary N) is 1. The van der Waals surface area contributed by atoms with Gasteiger partial charge < -0.3 is 20.3 Å². The lowest BCUT2D eigenvalue weighted by Crippen LogP contribution is -2.40. The number of carbonyl (C=O) groups is 2. The van der Waals surface area contributed by atoms with Crippen LogP contribution in [0, 0.1) is 0 Å². The van der Waals surface area contributed by atoms with Crippen molar-refractivity contribution in [2.75, 3.05) is 6.61 Å². The normalized spacial score (nSPS) is 14.3. The van der Waals surface area contributed by atoms with Gasteiger partial charge in [0.1, 0.15) is 6.61 Å². The molecule has 0 aromatic heterocycles. The molecule has 3 N–H and O–H groups in total. The summed E-state index contributed by atoms with van der Waals surface area (Å²) in [4.78, 5) is 23.8. The summed E-state index contributed by atoms with van der Waals surface area (Å²) in [6, 6.07) is 23.3. The summed E-state index contributed by atoms with van der Waals surface area (Å²) in [6.45, 7) is 0.102. The van der Waals surface area contributed by atoms with E-state index in [1.807, 2.05) is 48.5 Å². The van der Waals surface area contributed by atoms with Crippen LogP contribution in [0.1, 0.15) is 28.7 Å². The van der Waals surface area contributed by atoms with Gasteiger partial charge in [-0.3, -0.25) is 0 Å². The first-order chi connectivity index (χ1) is 14.6. The summed E-state index contributed by atoms with van der Waals surface area (Å²) in [5, 5.41) is 21.8. The van der Waals surface area contributed by atoms with Crippen molar-refractivity contribution in [2.45, 2.75) is 18.1 Å². The van der Waals surface area contributed by atoms with E-state index in [-0.39, 0.29) is 12.5 Å². The topological polar surface area (TPSA) is 95.9 Å². The number of carboxylic acid groups (broad SMARTS) is 1. The van der Waals surface area contributed by atoms with E-state index in [4.69, 9.17) is 4.74 Å². The molecule has 4 rings (SSSR count). The van der Waals surface area contributed by atoms with Gasteiger partial charge in [-0.25, -0.2) is 9.59 Å². The summed E-state index contributed by atoms with van der Waals surface area (Å²) in [7, 11) is 0. The van der Waals surface area contributed by atoms with Gasteiger partial charge in [-0.05, 0) is 27.8 Å². The Balaban J connectivity index is 1.50. The van der Waals surface area contributed by atoms with Gasteiger partial charge in [-0.15, -0.1) is 0 Å². The summed E-state index contributed by atoms with van der Waals surface area (Å²) in [6.07, 6.45) is -2.58. The van der Waals surface area contributed by atoms with E-state index in [0.717, 1.165) is 22.3 Å². The lowest BCUT2D eigenvalue weighted by atomic mass is 9.98. The minimum atomic E-state index is -1.80. The molecule has 3 aromatic carbocycles. The second-order valence-electron chi connectivity index (χ2n) is 7.14. The molecule has 3 aromatic rings. The summed E-state index contributed by atoms with van der Waals surface area (Å²) in [5.41, 5.74) is 4.87. The molecular formula is C24H21NO5. The largest absolute Gasteiger partial charge is 0.479 e. The summed E-state index contributed by atoms with van der Waals surface area (Å²) < 4.78 is 5.47. The van der Waals surface area contributed by atoms with Gasteiger partial charge in [0, 0.05) is 5.92 Å². The van der Waals surface area contributed by atoms with Gasteiger partial charge in [0.2, 0.25) is 0 Å². The summed E-state index contributed by atoms with van der Waals surface area (Å²) >= 11 is 0. The van der Waals surface area contributed by atoms with E-state index in [9.17, 15) is 19.8 Å². The van der Waals surface area contributed by atoms with Crippen molar-refractivity contribution in [3.8, 4) is 11.1 Å².